The molecule has 1 atom stereocenters. The van der Waals surface area contributed by atoms with Crippen molar-refractivity contribution >= 4 is 15.9 Å². The van der Waals surface area contributed by atoms with Crippen molar-refractivity contribution < 1.29 is 14.6 Å². The van der Waals surface area contributed by atoms with E-state index in [0.717, 1.165) is 33.5 Å². The third-order valence-electron chi connectivity index (χ3n) is 2.86. The molecule has 0 saturated heterocycles. The molecule has 0 fully saturated rings. The molecule has 0 aromatic heterocycles. The molecule has 94 valence electrons. The molecular weight excluding hydrogens is 284 g/mol. The van der Waals surface area contributed by atoms with Gasteiger partial charge in [0.2, 0.25) is 0 Å². The van der Waals surface area contributed by atoms with Gasteiger partial charge < -0.3 is 14.6 Å². The van der Waals surface area contributed by atoms with Gasteiger partial charge in [0.15, 0.2) is 11.5 Å². The van der Waals surface area contributed by atoms with Crippen LogP contribution in [0.4, 0.5) is 0 Å². The predicted molar refractivity (Wildman–Crippen MR) is 69.9 cm³/mol. The lowest BCUT2D eigenvalue weighted by molar-refractivity contribution is 0.195. The van der Waals surface area contributed by atoms with Crippen LogP contribution in [0.15, 0.2) is 10.5 Å². The maximum Gasteiger partial charge on any atom is 0.164 e. The molecule has 0 radical (unpaired) electrons. The Morgan fingerprint density at radius 3 is 2.82 bits per heavy atom. The fourth-order valence-electron chi connectivity index (χ4n) is 2.02. The fourth-order valence-corrected chi connectivity index (χ4v) is 2.68. The van der Waals surface area contributed by atoms with Crippen molar-refractivity contribution in [1.29, 1.82) is 0 Å². The van der Waals surface area contributed by atoms with E-state index in [1.54, 1.807) is 6.92 Å². The zero-order valence-electron chi connectivity index (χ0n) is 10.1. The molecule has 0 bridgehead atoms. The van der Waals surface area contributed by atoms with Crippen LogP contribution in [0.3, 0.4) is 0 Å². The van der Waals surface area contributed by atoms with Crippen LogP contribution in [0.5, 0.6) is 11.5 Å². The van der Waals surface area contributed by atoms with Crippen molar-refractivity contribution in [2.45, 2.75) is 32.8 Å². The van der Waals surface area contributed by atoms with Gasteiger partial charge in [0.05, 0.1) is 19.3 Å². The predicted octanol–water partition coefficient (Wildman–Crippen LogP) is 2.84. The molecule has 1 aliphatic rings. The second-order valence-corrected chi connectivity index (χ2v) is 5.25. The normalized spacial score (nSPS) is 16.5. The smallest absolute Gasteiger partial charge is 0.164 e. The summed E-state index contributed by atoms with van der Waals surface area (Å²) in [6.07, 6.45) is 1.15. The largest absolute Gasteiger partial charge is 0.490 e. The zero-order valence-corrected chi connectivity index (χ0v) is 11.7. The van der Waals surface area contributed by atoms with Crippen LogP contribution < -0.4 is 9.47 Å². The van der Waals surface area contributed by atoms with Gasteiger partial charge >= 0.3 is 0 Å². The minimum Gasteiger partial charge on any atom is -0.490 e. The quantitative estimate of drug-likeness (QED) is 0.913. The number of aliphatic hydroxyl groups is 1. The van der Waals surface area contributed by atoms with Crippen molar-refractivity contribution in [3.05, 3.63) is 21.7 Å². The first-order valence-corrected chi connectivity index (χ1v) is 6.64. The van der Waals surface area contributed by atoms with Crippen LogP contribution >= 0.6 is 15.9 Å². The van der Waals surface area contributed by atoms with E-state index in [0.29, 0.717) is 19.6 Å². The first kappa shape index (κ1) is 12.7. The lowest BCUT2D eigenvalue weighted by Gasteiger charge is -2.17. The van der Waals surface area contributed by atoms with Gasteiger partial charge in [-0.2, -0.15) is 0 Å². The Balaban J connectivity index is 2.45. The molecule has 1 aromatic carbocycles. The minimum atomic E-state index is -0.366. The Morgan fingerprint density at radius 2 is 2.12 bits per heavy atom. The summed E-state index contributed by atoms with van der Waals surface area (Å²) in [4.78, 5) is 0. The van der Waals surface area contributed by atoms with Gasteiger partial charge in [-0.1, -0.05) is 15.9 Å². The van der Waals surface area contributed by atoms with Gasteiger partial charge in [0.25, 0.3) is 0 Å². The second kappa shape index (κ2) is 5.27. The van der Waals surface area contributed by atoms with E-state index in [1.165, 1.54) is 0 Å². The lowest BCUT2D eigenvalue weighted by Crippen LogP contribution is -2.08. The van der Waals surface area contributed by atoms with Crippen LogP contribution in [0.2, 0.25) is 0 Å². The van der Waals surface area contributed by atoms with Gasteiger partial charge in [-0.25, -0.2) is 0 Å². The topological polar surface area (TPSA) is 38.7 Å². The highest BCUT2D eigenvalue weighted by Crippen LogP contribution is 2.39. The van der Waals surface area contributed by atoms with E-state index in [2.05, 4.69) is 15.9 Å². The summed E-state index contributed by atoms with van der Waals surface area (Å²) in [6.45, 7) is 5.17. The maximum atomic E-state index is 9.52. The highest BCUT2D eigenvalue weighted by Gasteiger charge is 2.19. The van der Waals surface area contributed by atoms with Gasteiger partial charge in [0.1, 0.15) is 0 Å². The van der Waals surface area contributed by atoms with E-state index in [9.17, 15) is 5.11 Å². The molecule has 0 amide bonds. The van der Waals surface area contributed by atoms with Gasteiger partial charge in [0, 0.05) is 10.9 Å². The van der Waals surface area contributed by atoms with E-state index in [4.69, 9.17) is 9.47 Å². The number of hydrogen-bond acceptors (Lipinski definition) is 3. The SMILES string of the molecule is Cc1c(CC(C)O)c(Br)cc2c1OCCCO2. The molecule has 4 heteroatoms. The summed E-state index contributed by atoms with van der Waals surface area (Å²) in [7, 11) is 0. The zero-order chi connectivity index (χ0) is 12.4. The van der Waals surface area contributed by atoms with Crippen LogP contribution in [0, 0.1) is 6.92 Å². The number of fused-ring (bicyclic) bond motifs is 1. The molecular formula is C13H17BrO3. The standard InChI is InChI=1S/C13H17BrO3/c1-8(15)6-10-9(2)13-12(7-11(10)14)16-4-3-5-17-13/h7-8,15H,3-6H2,1-2H3. The number of ether oxygens (including phenoxy) is 2. The summed E-state index contributed by atoms with van der Waals surface area (Å²) in [5.41, 5.74) is 2.14. The fraction of sp³-hybridized carbons (Fsp3) is 0.538. The lowest BCUT2D eigenvalue weighted by atomic mass is 10.0. The molecule has 17 heavy (non-hydrogen) atoms. The average molecular weight is 301 g/mol. The van der Waals surface area contributed by atoms with Gasteiger partial charge in [-0.15, -0.1) is 0 Å². The summed E-state index contributed by atoms with van der Waals surface area (Å²) in [6, 6.07) is 1.94. The molecule has 2 rings (SSSR count). The number of benzene rings is 1. The molecule has 1 unspecified atom stereocenters. The summed E-state index contributed by atoms with van der Waals surface area (Å²) in [5, 5.41) is 9.52. The Labute approximate surface area is 110 Å². The molecule has 0 spiro atoms. The minimum absolute atomic E-state index is 0.366. The Kier molecular flexibility index (Phi) is 3.94. The van der Waals surface area contributed by atoms with Crippen molar-refractivity contribution in [2.24, 2.45) is 0 Å². The van der Waals surface area contributed by atoms with E-state index < -0.39 is 0 Å². The molecule has 1 heterocycles. The van der Waals surface area contributed by atoms with Gasteiger partial charge in [-0.3, -0.25) is 0 Å². The van der Waals surface area contributed by atoms with Crippen LogP contribution in [-0.4, -0.2) is 24.4 Å². The Morgan fingerprint density at radius 1 is 1.41 bits per heavy atom. The molecule has 0 saturated carbocycles. The molecule has 3 nitrogen and oxygen atoms in total. The number of hydrogen-bond donors (Lipinski definition) is 1. The first-order valence-electron chi connectivity index (χ1n) is 5.85. The van der Waals surface area contributed by atoms with E-state index in [-0.39, 0.29) is 6.10 Å². The van der Waals surface area contributed by atoms with Crippen LogP contribution in [0.1, 0.15) is 24.5 Å². The number of rotatable bonds is 2. The molecule has 1 aliphatic heterocycles. The summed E-state index contributed by atoms with van der Waals surface area (Å²) >= 11 is 3.53. The van der Waals surface area contributed by atoms with Crippen molar-refractivity contribution in [3.63, 3.8) is 0 Å². The highest BCUT2D eigenvalue weighted by molar-refractivity contribution is 9.10. The van der Waals surface area contributed by atoms with E-state index in [1.807, 2.05) is 13.0 Å². The monoisotopic (exact) mass is 300 g/mol. The van der Waals surface area contributed by atoms with Crippen LogP contribution in [-0.2, 0) is 6.42 Å². The van der Waals surface area contributed by atoms with Crippen LogP contribution in [0.25, 0.3) is 0 Å². The Bertz CT molecular complexity index is 416. The third-order valence-corrected chi connectivity index (χ3v) is 3.56. The van der Waals surface area contributed by atoms with Crippen molar-refractivity contribution in [3.8, 4) is 11.5 Å². The number of aliphatic hydroxyl groups excluding tert-OH is 1. The molecule has 1 N–H and O–H groups in total. The molecule has 1 aromatic rings. The van der Waals surface area contributed by atoms with E-state index >= 15 is 0 Å². The maximum absolute atomic E-state index is 9.52. The third kappa shape index (κ3) is 2.75. The molecule has 0 aliphatic carbocycles. The second-order valence-electron chi connectivity index (χ2n) is 4.39. The number of halogens is 1. The van der Waals surface area contributed by atoms with Crippen molar-refractivity contribution in [2.75, 3.05) is 13.2 Å². The average Bonchev–Trinajstić information content (AvgIpc) is 2.49. The highest BCUT2D eigenvalue weighted by atomic mass is 79.9. The van der Waals surface area contributed by atoms with Gasteiger partial charge in [-0.05, 0) is 37.5 Å². The Hall–Kier alpha value is -0.740. The first-order chi connectivity index (χ1) is 8.09. The van der Waals surface area contributed by atoms with Crippen molar-refractivity contribution in [1.82, 2.24) is 0 Å². The summed E-state index contributed by atoms with van der Waals surface area (Å²) in [5.74, 6) is 1.61. The summed E-state index contributed by atoms with van der Waals surface area (Å²) < 4.78 is 12.4.